The number of anilines is 1. The summed E-state index contributed by atoms with van der Waals surface area (Å²) in [7, 11) is 0. The van der Waals surface area contributed by atoms with Gasteiger partial charge in [-0.3, -0.25) is 5.10 Å². The van der Waals surface area contributed by atoms with Gasteiger partial charge in [0.15, 0.2) is 10.8 Å². The van der Waals surface area contributed by atoms with Crippen LogP contribution in [-0.2, 0) is 0 Å². The summed E-state index contributed by atoms with van der Waals surface area (Å²) in [6.07, 6.45) is 1.71. The molecule has 6 heteroatoms. The second-order valence-corrected chi connectivity index (χ2v) is 2.77. The summed E-state index contributed by atoms with van der Waals surface area (Å²) in [6, 6.07) is 0. The van der Waals surface area contributed by atoms with Crippen LogP contribution in [0.5, 0.6) is 0 Å². The van der Waals surface area contributed by atoms with Crippen molar-refractivity contribution >= 4 is 17.3 Å². The predicted molar refractivity (Wildman–Crippen MR) is 53.3 cm³/mol. The van der Waals surface area contributed by atoms with Gasteiger partial charge in [-0.05, 0) is 0 Å². The number of hydrogen-bond donors (Lipinski definition) is 2. The molecule has 0 aliphatic heterocycles. The quantitative estimate of drug-likeness (QED) is 0.726. The van der Waals surface area contributed by atoms with Crippen molar-refractivity contribution in [1.82, 2.24) is 20.2 Å². The highest BCUT2D eigenvalue weighted by Gasteiger charge is 2.03. The molecule has 2 rings (SSSR count). The number of thiazole rings is 1. The Bertz CT molecular complexity index is 339. The lowest BCUT2D eigenvalue weighted by atomic mass is 10.6. The smallest absolute Gasteiger partial charge is 0.239 e. The largest absolute Gasteiger partial charge is 0.366 e. The van der Waals surface area contributed by atoms with Crippen LogP contribution in [0.2, 0.25) is 0 Å². The van der Waals surface area contributed by atoms with Crippen molar-refractivity contribution in [1.29, 1.82) is 0 Å². The summed E-state index contributed by atoms with van der Waals surface area (Å²) in [4.78, 5) is 7.94. The normalized spacial score (nSPS) is 9.08. The molecule has 0 saturated carbocycles. The molecule has 70 valence electrons. The monoisotopic (exact) mass is 197 g/mol. The van der Waals surface area contributed by atoms with Gasteiger partial charge in [0.1, 0.15) is 0 Å². The zero-order chi connectivity index (χ0) is 9.68. The van der Waals surface area contributed by atoms with E-state index in [1.54, 1.807) is 6.20 Å². The molecular formula is C7H11N5S. The van der Waals surface area contributed by atoms with Crippen molar-refractivity contribution in [2.45, 2.75) is 13.8 Å². The first-order valence-electron chi connectivity index (χ1n) is 3.94. The Balaban J connectivity index is 0.000000396. The molecule has 2 heterocycles. The van der Waals surface area contributed by atoms with Crippen LogP contribution < -0.4 is 5.73 Å². The van der Waals surface area contributed by atoms with Crippen molar-refractivity contribution in [2.24, 2.45) is 0 Å². The van der Waals surface area contributed by atoms with Crippen LogP contribution >= 0.6 is 11.3 Å². The summed E-state index contributed by atoms with van der Waals surface area (Å²) in [6.45, 7) is 4.00. The molecule has 3 N–H and O–H groups in total. The number of nitrogens with zero attached hydrogens (tertiary/aromatic N) is 3. The average Bonchev–Trinajstić information content (AvgIpc) is 2.77. The maximum atomic E-state index is 5.31. The second kappa shape index (κ2) is 4.56. The number of hydrogen-bond acceptors (Lipinski definition) is 5. The molecule has 2 aromatic rings. The van der Waals surface area contributed by atoms with Gasteiger partial charge in [-0.15, -0.1) is 16.4 Å². The second-order valence-electron chi connectivity index (χ2n) is 1.88. The van der Waals surface area contributed by atoms with Gasteiger partial charge in [-0.1, -0.05) is 13.8 Å². The van der Waals surface area contributed by atoms with Gasteiger partial charge in [-0.25, -0.2) is 4.98 Å². The molecule has 0 aromatic carbocycles. The molecule has 0 aliphatic rings. The Morgan fingerprint density at radius 3 is 2.69 bits per heavy atom. The molecule has 0 bridgehead atoms. The zero-order valence-electron chi connectivity index (χ0n) is 7.48. The molecule has 0 aliphatic carbocycles. The first-order valence-corrected chi connectivity index (χ1v) is 4.82. The van der Waals surface area contributed by atoms with Crippen LogP contribution in [-0.4, -0.2) is 20.2 Å². The van der Waals surface area contributed by atoms with Gasteiger partial charge in [0, 0.05) is 11.6 Å². The molecule has 0 amide bonds. The fraction of sp³-hybridized carbons (Fsp3) is 0.286. The highest BCUT2D eigenvalue weighted by molar-refractivity contribution is 7.12. The Hall–Kier alpha value is -1.43. The van der Waals surface area contributed by atoms with Crippen LogP contribution in [0, 0.1) is 0 Å². The highest BCUT2D eigenvalue weighted by atomic mass is 32.1. The lowest BCUT2D eigenvalue weighted by Gasteiger charge is -1.82. The van der Waals surface area contributed by atoms with E-state index in [-0.39, 0.29) is 5.95 Å². The van der Waals surface area contributed by atoms with E-state index in [1.165, 1.54) is 11.3 Å². The summed E-state index contributed by atoms with van der Waals surface area (Å²) in [5, 5.41) is 9.02. The third kappa shape index (κ3) is 2.25. The number of nitrogens with one attached hydrogen (secondary N) is 1. The van der Waals surface area contributed by atoms with Gasteiger partial charge in [0.25, 0.3) is 0 Å². The average molecular weight is 197 g/mol. The van der Waals surface area contributed by atoms with E-state index in [1.807, 2.05) is 19.2 Å². The summed E-state index contributed by atoms with van der Waals surface area (Å²) in [5.74, 6) is 0.868. The SMILES string of the molecule is CC.Nc1n[nH]c(-c2nccs2)n1. The van der Waals surface area contributed by atoms with E-state index >= 15 is 0 Å². The minimum Gasteiger partial charge on any atom is -0.366 e. The van der Waals surface area contributed by atoms with E-state index in [0.29, 0.717) is 5.82 Å². The first kappa shape index (κ1) is 9.66. The van der Waals surface area contributed by atoms with Crippen molar-refractivity contribution in [3.8, 4) is 10.8 Å². The Morgan fingerprint density at radius 2 is 2.23 bits per heavy atom. The number of H-pyrrole nitrogens is 1. The molecule has 0 spiro atoms. The highest BCUT2D eigenvalue weighted by Crippen LogP contribution is 2.16. The van der Waals surface area contributed by atoms with Crippen LogP contribution in [0.4, 0.5) is 5.95 Å². The van der Waals surface area contributed by atoms with E-state index in [2.05, 4.69) is 20.2 Å². The van der Waals surface area contributed by atoms with E-state index in [0.717, 1.165) is 5.01 Å². The molecule has 13 heavy (non-hydrogen) atoms. The molecule has 0 atom stereocenters. The predicted octanol–water partition coefficient (Wildman–Crippen LogP) is 1.54. The fourth-order valence-corrected chi connectivity index (χ4v) is 1.29. The van der Waals surface area contributed by atoms with Gasteiger partial charge < -0.3 is 5.73 Å². The molecule has 0 radical (unpaired) electrons. The number of aromatic amines is 1. The third-order valence-electron chi connectivity index (χ3n) is 1.14. The minimum absolute atomic E-state index is 0.246. The molecule has 2 aromatic heterocycles. The maximum absolute atomic E-state index is 5.31. The van der Waals surface area contributed by atoms with Crippen molar-refractivity contribution < 1.29 is 0 Å². The topological polar surface area (TPSA) is 80.5 Å². The third-order valence-corrected chi connectivity index (χ3v) is 1.92. The fourth-order valence-electron chi connectivity index (χ4n) is 0.711. The Kier molecular flexibility index (Phi) is 3.39. The van der Waals surface area contributed by atoms with Crippen molar-refractivity contribution in [3.63, 3.8) is 0 Å². The van der Waals surface area contributed by atoms with Gasteiger partial charge in [-0.2, -0.15) is 4.98 Å². The number of nitrogen functional groups attached to an aromatic ring is 1. The molecular weight excluding hydrogens is 186 g/mol. The van der Waals surface area contributed by atoms with E-state index in [9.17, 15) is 0 Å². The Labute approximate surface area is 80.0 Å². The van der Waals surface area contributed by atoms with E-state index < -0.39 is 0 Å². The number of aromatic nitrogens is 4. The van der Waals surface area contributed by atoms with Crippen LogP contribution in [0.15, 0.2) is 11.6 Å². The lowest BCUT2D eigenvalue weighted by Crippen LogP contribution is -1.85. The van der Waals surface area contributed by atoms with E-state index in [4.69, 9.17) is 5.73 Å². The maximum Gasteiger partial charge on any atom is 0.239 e. The van der Waals surface area contributed by atoms with Gasteiger partial charge in [0.2, 0.25) is 5.95 Å². The number of rotatable bonds is 1. The molecule has 5 nitrogen and oxygen atoms in total. The number of nitrogens with two attached hydrogens (primary N) is 1. The summed E-state index contributed by atoms with van der Waals surface area (Å²) in [5.41, 5.74) is 5.31. The summed E-state index contributed by atoms with van der Waals surface area (Å²) < 4.78 is 0. The minimum atomic E-state index is 0.246. The summed E-state index contributed by atoms with van der Waals surface area (Å²) >= 11 is 1.49. The molecule has 0 fully saturated rings. The zero-order valence-corrected chi connectivity index (χ0v) is 8.30. The van der Waals surface area contributed by atoms with Gasteiger partial charge in [0.05, 0.1) is 0 Å². The van der Waals surface area contributed by atoms with Crippen LogP contribution in [0.1, 0.15) is 13.8 Å². The van der Waals surface area contributed by atoms with Crippen LogP contribution in [0.25, 0.3) is 10.8 Å². The molecule has 0 saturated heterocycles. The van der Waals surface area contributed by atoms with Gasteiger partial charge >= 0.3 is 0 Å². The van der Waals surface area contributed by atoms with Crippen molar-refractivity contribution in [2.75, 3.05) is 5.73 Å². The van der Waals surface area contributed by atoms with Crippen molar-refractivity contribution in [3.05, 3.63) is 11.6 Å². The first-order chi connectivity index (χ1) is 6.36. The Morgan fingerprint density at radius 1 is 1.46 bits per heavy atom. The standard InChI is InChI=1S/C5H5N5S.C2H6/c6-5-8-3(9-10-5)4-7-1-2-11-4;1-2/h1-2H,(H3,6,8,9,10);1-2H3. The molecule has 0 unspecified atom stereocenters. The lowest BCUT2D eigenvalue weighted by molar-refractivity contribution is 1.10. The van der Waals surface area contributed by atoms with Crippen LogP contribution in [0.3, 0.4) is 0 Å².